The number of carboxylic acid groups (broad SMARTS) is 1. The van der Waals surface area contributed by atoms with Gasteiger partial charge < -0.3 is 14.6 Å². The molecule has 8 heteroatoms. The molecule has 124 valence electrons. The lowest BCUT2D eigenvalue weighted by Crippen LogP contribution is -2.27. The van der Waals surface area contributed by atoms with E-state index in [-0.39, 0.29) is 17.4 Å². The van der Waals surface area contributed by atoms with Gasteiger partial charge in [-0.2, -0.15) is 13.2 Å². The second-order valence-corrected chi connectivity index (χ2v) is 5.39. The van der Waals surface area contributed by atoms with E-state index >= 15 is 0 Å². The van der Waals surface area contributed by atoms with Crippen LogP contribution in [0.15, 0.2) is 29.1 Å². The minimum atomic E-state index is -4.77. The monoisotopic (exact) mass is 328 g/mol. The number of carboxylic acids is 1. The Morgan fingerprint density at radius 1 is 1.26 bits per heavy atom. The SMILES string of the molecule is CN(C)CCn1c(=O)ccc2cc(C(=O)O)cc(C(F)(F)F)c21. The summed E-state index contributed by atoms with van der Waals surface area (Å²) in [5.41, 5.74) is -2.45. The maximum absolute atomic E-state index is 13.4. The van der Waals surface area contributed by atoms with Crippen LogP contribution in [0.2, 0.25) is 0 Å². The number of rotatable bonds is 4. The fourth-order valence-electron chi connectivity index (χ4n) is 2.31. The Hall–Kier alpha value is -2.35. The molecule has 0 aliphatic heterocycles. The normalized spacial score (nSPS) is 12.1. The van der Waals surface area contributed by atoms with Crippen LogP contribution >= 0.6 is 0 Å². The van der Waals surface area contributed by atoms with E-state index in [1.54, 1.807) is 19.0 Å². The van der Waals surface area contributed by atoms with Gasteiger partial charge in [0.25, 0.3) is 5.56 Å². The summed E-state index contributed by atoms with van der Waals surface area (Å²) in [7, 11) is 3.48. The number of alkyl halides is 3. The lowest BCUT2D eigenvalue weighted by molar-refractivity contribution is -0.136. The number of nitrogens with zero attached hydrogens (tertiary/aromatic N) is 2. The van der Waals surface area contributed by atoms with Crippen LogP contribution in [0.4, 0.5) is 13.2 Å². The molecule has 1 heterocycles. The molecule has 2 aromatic rings. The van der Waals surface area contributed by atoms with Crippen molar-refractivity contribution in [2.75, 3.05) is 20.6 Å². The molecule has 5 nitrogen and oxygen atoms in total. The molecule has 0 amide bonds. The van der Waals surface area contributed by atoms with E-state index in [0.29, 0.717) is 12.6 Å². The molecule has 1 N–H and O–H groups in total. The van der Waals surface area contributed by atoms with Crippen LogP contribution in [-0.4, -0.2) is 41.2 Å². The van der Waals surface area contributed by atoms with Crippen LogP contribution in [0.1, 0.15) is 15.9 Å². The fourth-order valence-corrected chi connectivity index (χ4v) is 2.31. The van der Waals surface area contributed by atoms with Gasteiger partial charge in [0.2, 0.25) is 0 Å². The van der Waals surface area contributed by atoms with Crippen molar-refractivity contribution in [3.8, 4) is 0 Å². The molecule has 0 saturated carbocycles. The topological polar surface area (TPSA) is 62.5 Å². The van der Waals surface area contributed by atoms with Crippen molar-refractivity contribution in [1.29, 1.82) is 0 Å². The van der Waals surface area contributed by atoms with Crippen molar-refractivity contribution in [1.82, 2.24) is 9.47 Å². The first-order valence-electron chi connectivity index (χ1n) is 6.74. The van der Waals surface area contributed by atoms with Crippen LogP contribution < -0.4 is 5.56 Å². The minimum Gasteiger partial charge on any atom is -0.478 e. The van der Waals surface area contributed by atoms with Gasteiger partial charge in [-0.15, -0.1) is 0 Å². The van der Waals surface area contributed by atoms with Gasteiger partial charge in [-0.3, -0.25) is 4.79 Å². The molecule has 23 heavy (non-hydrogen) atoms. The Morgan fingerprint density at radius 3 is 2.43 bits per heavy atom. The van der Waals surface area contributed by atoms with Crippen LogP contribution in [0.3, 0.4) is 0 Å². The molecule has 1 aromatic heterocycles. The van der Waals surface area contributed by atoms with E-state index < -0.39 is 28.8 Å². The van der Waals surface area contributed by atoms with Crippen LogP contribution in [0.5, 0.6) is 0 Å². The first-order chi connectivity index (χ1) is 10.6. The first kappa shape index (κ1) is 17.0. The number of fused-ring (bicyclic) bond motifs is 1. The van der Waals surface area contributed by atoms with Crippen LogP contribution in [-0.2, 0) is 12.7 Å². The lowest BCUT2D eigenvalue weighted by Gasteiger charge is -2.18. The number of hydrogen-bond donors (Lipinski definition) is 1. The highest BCUT2D eigenvalue weighted by Gasteiger charge is 2.35. The zero-order chi connectivity index (χ0) is 17.4. The largest absolute Gasteiger partial charge is 0.478 e. The smallest absolute Gasteiger partial charge is 0.418 e. The summed E-state index contributed by atoms with van der Waals surface area (Å²) in [6.07, 6.45) is -4.77. The van der Waals surface area contributed by atoms with Gasteiger partial charge in [0.15, 0.2) is 0 Å². The number of carbonyl (C=O) groups is 1. The molecule has 0 atom stereocenters. The molecule has 0 radical (unpaired) electrons. The van der Waals surface area contributed by atoms with Crippen molar-refractivity contribution >= 4 is 16.9 Å². The molecular weight excluding hydrogens is 313 g/mol. The van der Waals surface area contributed by atoms with Gasteiger partial charge in [-0.1, -0.05) is 0 Å². The predicted molar refractivity (Wildman–Crippen MR) is 78.7 cm³/mol. The highest BCUT2D eigenvalue weighted by Crippen LogP contribution is 2.35. The van der Waals surface area contributed by atoms with E-state index in [9.17, 15) is 22.8 Å². The maximum Gasteiger partial charge on any atom is 0.418 e. The van der Waals surface area contributed by atoms with Gasteiger partial charge >= 0.3 is 12.1 Å². The van der Waals surface area contributed by atoms with Crippen molar-refractivity contribution in [3.05, 3.63) is 45.7 Å². The summed E-state index contributed by atoms with van der Waals surface area (Å²) in [6.45, 7) is 0.440. The summed E-state index contributed by atoms with van der Waals surface area (Å²) >= 11 is 0. The van der Waals surface area contributed by atoms with Crippen molar-refractivity contribution < 1.29 is 23.1 Å². The van der Waals surface area contributed by atoms with Gasteiger partial charge in [-0.05, 0) is 37.7 Å². The molecular formula is C15H15F3N2O3. The third-order valence-corrected chi connectivity index (χ3v) is 3.40. The molecule has 0 aliphatic rings. The zero-order valence-electron chi connectivity index (χ0n) is 12.5. The van der Waals surface area contributed by atoms with E-state index in [0.717, 1.165) is 16.7 Å². The van der Waals surface area contributed by atoms with Gasteiger partial charge in [0.05, 0.1) is 16.6 Å². The quantitative estimate of drug-likeness (QED) is 0.935. The average molecular weight is 328 g/mol. The van der Waals surface area contributed by atoms with Crippen LogP contribution in [0.25, 0.3) is 10.9 Å². The predicted octanol–water partition coefficient (Wildman–Crippen LogP) is 2.28. The summed E-state index contributed by atoms with van der Waals surface area (Å²) in [4.78, 5) is 24.8. The molecule has 0 unspecified atom stereocenters. The second-order valence-electron chi connectivity index (χ2n) is 5.39. The Morgan fingerprint density at radius 2 is 1.91 bits per heavy atom. The Balaban J connectivity index is 2.83. The molecule has 0 fully saturated rings. The van der Waals surface area contributed by atoms with Gasteiger partial charge in [0, 0.05) is 19.2 Å². The zero-order valence-corrected chi connectivity index (χ0v) is 12.5. The Bertz CT molecular complexity index is 810. The highest BCUT2D eigenvalue weighted by atomic mass is 19.4. The number of pyridine rings is 1. The van der Waals surface area contributed by atoms with Crippen LogP contribution in [0, 0.1) is 0 Å². The lowest BCUT2D eigenvalue weighted by atomic mass is 10.0. The highest BCUT2D eigenvalue weighted by molar-refractivity contribution is 5.95. The van der Waals surface area contributed by atoms with E-state index in [2.05, 4.69) is 0 Å². The van der Waals surface area contributed by atoms with Gasteiger partial charge in [0.1, 0.15) is 0 Å². The number of aromatic nitrogens is 1. The summed E-state index contributed by atoms with van der Waals surface area (Å²) < 4.78 is 41.1. The Labute approximate surface area is 129 Å². The first-order valence-corrected chi connectivity index (χ1v) is 6.74. The van der Waals surface area contributed by atoms with Gasteiger partial charge in [-0.25, -0.2) is 4.79 Å². The number of aromatic carboxylic acids is 1. The number of halogens is 3. The standard InChI is InChI=1S/C15H15F3N2O3/c1-19(2)5-6-20-12(21)4-3-9-7-10(14(22)23)8-11(13(9)20)15(16,17)18/h3-4,7-8H,5-6H2,1-2H3,(H,22,23). The number of benzene rings is 1. The van der Waals surface area contributed by atoms with E-state index in [4.69, 9.17) is 5.11 Å². The third kappa shape index (κ3) is 3.53. The van der Waals surface area contributed by atoms with Crippen molar-refractivity contribution in [3.63, 3.8) is 0 Å². The fraction of sp³-hybridized carbons (Fsp3) is 0.333. The summed E-state index contributed by atoms with van der Waals surface area (Å²) in [5, 5.41) is 9.06. The van der Waals surface area contributed by atoms with E-state index in [1.165, 1.54) is 6.07 Å². The molecule has 1 aromatic carbocycles. The molecule has 0 saturated heterocycles. The second kappa shape index (κ2) is 6.04. The molecule has 0 bridgehead atoms. The molecule has 0 spiro atoms. The van der Waals surface area contributed by atoms with Crippen molar-refractivity contribution in [2.45, 2.75) is 12.7 Å². The Kier molecular flexibility index (Phi) is 4.46. The minimum absolute atomic E-state index is 0.0654. The third-order valence-electron chi connectivity index (χ3n) is 3.40. The van der Waals surface area contributed by atoms with E-state index in [1.807, 2.05) is 0 Å². The van der Waals surface area contributed by atoms with Crippen molar-refractivity contribution in [2.24, 2.45) is 0 Å². The molecule has 0 aliphatic carbocycles. The maximum atomic E-state index is 13.4. The number of hydrogen-bond acceptors (Lipinski definition) is 3. The summed E-state index contributed by atoms with van der Waals surface area (Å²) in [6, 6.07) is 4.06. The molecule has 2 rings (SSSR count). The summed E-state index contributed by atoms with van der Waals surface area (Å²) in [5.74, 6) is -1.46. The number of likely N-dealkylation sites (N-methyl/N-ethyl adjacent to an activating group) is 1. The average Bonchev–Trinajstić information content (AvgIpc) is 2.43.